The van der Waals surface area contributed by atoms with E-state index in [1.54, 1.807) is 7.11 Å². The average molecular weight is 188 g/mol. The molecule has 13 heavy (non-hydrogen) atoms. The lowest BCUT2D eigenvalue weighted by Crippen LogP contribution is -2.36. The molecule has 0 unspecified atom stereocenters. The van der Waals surface area contributed by atoms with E-state index in [0.29, 0.717) is 13.2 Å². The predicted molar refractivity (Wildman–Crippen MR) is 44.3 cm³/mol. The van der Waals surface area contributed by atoms with Gasteiger partial charge in [-0.15, -0.1) is 0 Å². The SMILES string of the molecule is [B][C@@H]1O[C@H](O)[C@@H](O)[C@H]1OCCOC. The Morgan fingerprint density at radius 3 is 2.54 bits per heavy atom. The second-order valence-corrected chi connectivity index (χ2v) is 2.81. The maximum atomic E-state index is 9.31. The molecule has 1 fully saturated rings. The number of aliphatic hydroxyl groups excluding tert-OH is 2. The van der Waals surface area contributed by atoms with Gasteiger partial charge in [-0.05, 0) is 0 Å². The first-order valence-electron chi connectivity index (χ1n) is 4.04. The first kappa shape index (κ1) is 10.9. The van der Waals surface area contributed by atoms with Crippen LogP contribution in [0.3, 0.4) is 0 Å². The monoisotopic (exact) mass is 188 g/mol. The molecule has 0 aliphatic carbocycles. The number of ether oxygens (including phenoxy) is 3. The van der Waals surface area contributed by atoms with Crippen molar-refractivity contribution >= 4 is 7.85 Å². The van der Waals surface area contributed by atoms with E-state index in [2.05, 4.69) is 0 Å². The van der Waals surface area contributed by atoms with E-state index in [-0.39, 0.29) is 0 Å². The first-order chi connectivity index (χ1) is 6.16. The number of methoxy groups -OCH3 is 1. The fraction of sp³-hybridized carbons (Fsp3) is 1.00. The second kappa shape index (κ2) is 4.92. The summed E-state index contributed by atoms with van der Waals surface area (Å²) in [5, 5.41) is 18.3. The molecular formula is C7H13BO5. The maximum absolute atomic E-state index is 9.31. The molecule has 2 radical (unpaired) electrons. The van der Waals surface area contributed by atoms with Crippen molar-refractivity contribution in [2.24, 2.45) is 0 Å². The summed E-state index contributed by atoms with van der Waals surface area (Å²) < 4.78 is 14.6. The van der Waals surface area contributed by atoms with Gasteiger partial charge in [-0.2, -0.15) is 0 Å². The number of rotatable bonds is 4. The molecule has 2 N–H and O–H groups in total. The van der Waals surface area contributed by atoms with Gasteiger partial charge in [0.25, 0.3) is 0 Å². The van der Waals surface area contributed by atoms with Crippen LogP contribution in [0, 0.1) is 0 Å². The summed E-state index contributed by atoms with van der Waals surface area (Å²) in [5.41, 5.74) is 0. The molecule has 0 amide bonds. The summed E-state index contributed by atoms with van der Waals surface area (Å²) in [7, 11) is 6.98. The van der Waals surface area contributed by atoms with Crippen molar-refractivity contribution in [2.75, 3.05) is 20.3 Å². The lowest BCUT2D eigenvalue weighted by atomic mass is 9.93. The molecule has 0 saturated carbocycles. The van der Waals surface area contributed by atoms with Crippen LogP contribution in [0.25, 0.3) is 0 Å². The van der Waals surface area contributed by atoms with Gasteiger partial charge < -0.3 is 24.4 Å². The highest BCUT2D eigenvalue weighted by Crippen LogP contribution is 2.20. The average Bonchev–Trinajstić information content (AvgIpc) is 2.32. The topological polar surface area (TPSA) is 68.2 Å². The van der Waals surface area contributed by atoms with E-state index in [9.17, 15) is 5.11 Å². The Labute approximate surface area is 78.0 Å². The molecule has 1 rings (SSSR count). The molecule has 0 aromatic heterocycles. The van der Waals surface area contributed by atoms with Crippen molar-refractivity contribution in [1.82, 2.24) is 0 Å². The quantitative estimate of drug-likeness (QED) is 0.403. The first-order valence-corrected chi connectivity index (χ1v) is 4.04. The summed E-state index contributed by atoms with van der Waals surface area (Å²) in [5.74, 6) is 0. The minimum Gasteiger partial charge on any atom is -0.385 e. The van der Waals surface area contributed by atoms with Crippen LogP contribution in [0.1, 0.15) is 0 Å². The van der Waals surface area contributed by atoms with Crippen LogP contribution >= 0.6 is 0 Å². The Hall–Kier alpha value is -0.135. The lowest BCUT2D eigenvalue weighted by molar-refractivity contribution is -0.118. The van der Waals surface area contributed by atoms with E-state index < -0.39 is 24.5 Å². The van der Waals surface area contributed by atoms with Crippen molar-refractivity contribution < 1.29 is 24.4 Å². The van der Waals surface area contributed by atoms with Gasteiger partial charge in [0.15, 0.2) is 6.29 Å². The van der Waals surface area contributed by atoms with Crippen molar-refractivity contribution in [2.45, 2.75) is 24.5 Å². The highest BCUT2D eigenvalue weighted by molar-refractivity contribution is 6.11. The van der Waals surface area contributed by atoms with Crippen LogP contribution < -0.4 is 0 Å². The largest absolute Gasteiger partial charge is 0.385 e. The van der Waals surface area contributed by atoms with Crippen molar-refractivity contribution in [3.05, 3.63) is 0 Å². The van der Waals surface area contributed by atoms with Crippen LogP contribution in [0.5, 0.6) is 0 Å². The Bertz CT molecular complexity index is 156. The zero-order chi connectivity index (χ0) is 9.84. The number of hydrogen-bond acceptors (Lipinski definition) is 5. The highest BCUT2D eigenvalue weighted by Gasteiger charge is 2.40. The molecule has 1 aliphatic rings. The zero-order valence-corrected chi connectivity index (χ0v) is 7.42. The Balaban J connectivity index is 2.31. The smallest absolute Gasteiger partial charge is 0.182 e. The zero-order valence-electron chi connectivity index (χ0n) is 7.42. The van der Waals surface area contributed by atoms with Gasteiger partial charge in [0, 0.05) is 13.1 Å². The van der Waals surface area contributed by atoms with E-state index >= 15 is 0 Å². The normalized spacial score (nSPS) is 39.6. The molecule has 5 nitrogen and oxygen atoms in total. The molecular weight excluding hydrogens is 175 g/mol. The summed E-state index contributed by atoms with van der Waals surface area (Å²) in [4.78, 5) is 0. The third-order valence-corrected chi connectivity index (χ3v) is 1.85. The fourth-order valence-corrected chi connectivity index (χ4v) is 1.14. The summed E-state index contributed by atoms with van der Waals surface area (Å²) in [6, 6.07) is -0.790. The minimum absolute atomic E-state index is 0.308. The van der Waals surface area contributed by atoms with Crippen LogP contribution in [0.4, 0.5) is 0 Å². The Morgan fingerprint density at radius 2 is 2.08 bits per heavy atom. The molecule has 6 heteroatoms. The van der Waals surface area contributed by atoms with Crippen LogP contribution in [0.15, 0.2) is 0 Å². The van der Waals surface area contributed by atoms with Crippen molar-refractivity contribution in [3.63, 3.8) is 0 Å². The van der Waals surface area contributed by atoms with Gasteiger partial charge in [0.1, 0.15) is 20.1 Å². The third-order valence-electron chi connectivity index (χ3n) is 1.85. The third kappa shape index (κ3) is 2.65. The maximum Gasteiger partial charge on any atom is 0.182 e. The molecule has 1 saturated heterocycles. The Morgan fingerprint density at radius 1 is 1.38 bits per heavy atom. The van der Waals surface area contributed by atoms with Gasteiger partial charge in [0.2, 0.25) is 0 Å². The Kier molecular flexibility index (Phi) is 4.15. The standard InChI is InChI=1S/C7H13BO5/c1-11-2-3-12-5-4(9)7(10)13-6(5)8/h4-7,9-10H,2-3H2,1H3/t4-,5+,6+,7-/m0/s1. The predicted octanol–water partition coefficient (Wildman–Crippen LogP) is -1.78. The van der Waals surface area contributed by atoms with Gasteiger partial charge in [-0.25, -0.2) is 0 Å². The molecule has 74 valence electrons. The van der Waals surface area contributed by atoms with E-state index in [4.69, 9.17) is 27.2 Å². The van der Waals surface area contributed by atoms with Gasteiger partial charge in [-0.3, -0.25) is 0 Å². The lowest BCUT2D eigenvalue weighted by Gasteiger charge is -2.17. The van der Waals surface area contributed by atoms with Gasteiger partial charge in [-0.1, -0.05) is 0 Å². The molecule has 4 atom stereocenters. The number of aliphatic hydroxyl groups is 2. The fourth-order valence-electron chi connectivity index (χ4n) is 1.14. The van der Waals surface area contributed by atoms with E-state index in [1.165, 1.54) is 0 Å². The molecule has 0 aromatic carbocycles. The van der Waals surface area contributed by atoms with E-state index in [1.807, 2.05) is 0 Å². The van der Waals surface area contributed by atoms with Gasteiger partial charge >= 0.3 is 0 Å². The molecule has 0 spiro atoms. The second-order valence-electron chi connectivity index (χ2n) is 2.81. The van der Waals surface area contributed by atoms with Gasteiger partial charge in [0.05, 0.1) is 13.2 Å². The van der Waals surface area contributed by atoms with Crippen molar-refractivity contribution in [1.29, 1.82) is 0 Å². The highest BCUT2D eigenvalue weighted by atomic mass is 16.7. The molecule has 0 bridgehead atoms. The minimum atomic E-state index is -1.26. The number of hydrogen-bond donors (Lipinski definition) is 2. The van der Waals surface area contributed by atoms with E-state index in [0.717, 1.165) is 0 Å². The molecule has 1 aliphatic heterocycles. The summed E-state index contributed by atoms with van der Waals surface area (Å²) in [6.07, 6.45) is -3.04. The summed E-state index contributed by atoms with van der Waals surface area (Å²) in [6.45, 7) is 0.716. The molecule has 0 aromatic rings. The van der Waals surface area contributed by atoms with Crippen molar-refractivity contribution in [3.8, 4) is 0 Å². The van der Waals surface area contributed by atoms with Crippen LogP contribution in [-0.2, 0) is 14.2 Å². The molecule has 1 heterocycles. The van der Waals surface area contributed by atoms with Crippen LogP contribution in [-0.4, -0.2) is 62.9 Å². The summed E-state index contributed by atoms with van der Waals surface area (Å²) >= 11 is 0. The van der Waals surface area contributed by atoms with Crippen LogP contribution in [0.2, 0.25) is 0 Å².